The molecular formula is C14H19N4O4. The fourth-order valence-electron chi connectivity index (χ4n) is 2.62. The first-order chi connectivity index (χ1) is 10.4. The first kappa shape index (κ1) is 16.2. The maximum Gasteiger partial charge on any atom is 0.348 e. The second-order valence-electron chi connectivity index (χ2n) is 5.66. The lowest BCUT2D eigenvalue weighted by Gasteiger charge is -2.36. The van der Waals surface area contributed by atoms with Gasteiger partial charge in [-0.25, -0.2) is 0 Å². The molecule has 1 saturated heterocycles. The van der Waals surface area contributed by atoms with Crippen LogP contribution in [0.15, 0.2) is 18.2 Å². The summed E-state index contributed by atoms with van der Waals surface area (Å²) in [6, 6.07) is 4.09. The maximum absolute atomic E-state index is 11.0. The fraction of sp³-hybridized carbons (Fsp3) is 0.500. The number of nitro benzene ring substituents is 2. The van der Waals surface area contributed by atoms with E-state index in [1.807, 2.05) is 4.90 Å². The van der Waals surface area contributed by atoms with Crippen LogP contribution in [-0.4, -0.2) is 47.5 Å². The van der Waals surface area contributed by atoms with Crippen LogP contribution >= 0.6 is 0 Å². The van der Waals surface area contributed by atoms with Gasteiger partial charge in [-0.1, -0.05) is 13.8 Å². The van der Waals surface area contributed by atoms with Gasteiger partial charge < -0.3 is 4.90 Å². The third-order valence-corrected chi connectivity index (χ3v) is 3.63. The predicted molar refractivity (Wildman–Crippen MR) is 83.0 cm³/mol. The molecule has 1 aliphatic rings. The predicted octanol–water partition coefficient (Wildman–Crippen LogP) is 2.24. The Morgan fingerprint density at radius 2 is 1.64 bits per heavy atom. The molecule has 0 aromatic heterocycles. The lowest BCUT2D eigenvalue weighted by atomic mass is 10.1. The van der Waals surface area contributed by atoms with Crippen LogP contribution in [0.3, 0.4) is 0 Å². The highest BCUT2D eigenvalue weighted by atomic mass is 16.6. The molecule has 0 aliphatic carbocycles. The summed E-state index contributed by atoms with van der Waals surface area (Å²) in [6.45, 7) is 8.38. The molecule has 0 amide bonds. The van der Waals surface area contributed by atoms with Gasteiger partial charge in [-0.2, -0.15) is 0 Å². The fourth-order valence-corrected chi connectivity index (χ4v) is 2.62. The van der Waals surface area contributed by atoms with E-state index in [2.05, 4.69) is 18.7 Å². The number of hydrogen-bond acceptors (Lipinski definition) is 6. The zero-order chi connectivity index (χ0) is 16.3. The normalized spacial score (nSPS) is 16.0. The van der Waals surface area contributed by atoms with Gasteiger partial charge in [0.2, 0.25) is 0 Å². The van der Waals surface area contributed by atoms with Crippen molar-refractivity contribution in [2.45, 2.75) is 13.8 Å². The summed E-state index contributed by atoms with van der Waals surface area (Å²) < 4.78 is 0. The van der Waals surface area contributed by atoms with E-state index in [-0.39, 0.29) is 0 Å². The van der Waals surface area contributed by atoms with Crippen molar-refractivity contribution in [1.29, 1.82) is 0 Å². The van der Waals surface area contributed by atoms with Crippen LogP contribution < -0.4 is 4.90 Å². The van der Waals surface area contributed by atoms with Crippen molar-refractivity contribution in [2.75, 3.05) is 37.6 Å². The number of piperazine rings is 1. The van der Waals surface area contributed by atoms with Gasteiger partial charge in [0, 0.05) is 50.5 Å². The highest BCUT2D eigenvalue weighted by Crippen LogP contribution is 2.31. The number of rotatable bonds is 5. The van der Waals surface area contributed by atoms with E-state index in [0.29, 0.717) is 5.69 Å². The molecule has 0 spiro atoms. The van der Waals surface area contributed by atoms with E-state index >= 15 is 0 Å². The Labute approximate surface area is 128 Å². The topological polar surface area (TPSA) is 92.8 Å². The van der Waals surface area contributed by atoms with Gasteiger partial charge in [0.1, 0.15) is 0 Å². The molecule has 8 nitrogen and oxygen atoms in total. The second kappa shape index (κ2) is 6.69. The van der Waals surface area contributed by atoms with E-state index in [9.17, 15) is 20.2 Å². The largest absolute Gasteiger partial charge is 0.369 e. The Kier molecular flexibility index (Phi) is 4.92. The Bertz CT molecular complexity index is 568. The molecule has 1 aliphatic heterocycles. The summed E-state index contributed by atoms with van der Waals surface area (Å²) in [4.78, 5) is 24.8. The summed E-state index contributed by atoms with van der Waals surface area (Å²) in [5.41, 5.74) is -0.264. The van der Waals surface area contributed by atoms with Crippen LogP contribution in [0.5, 0.6) is 0 Å². The van der Waals surface area contributed by atoms with Crippen molar-refractivity contribution >= 4 is 17.1 Å². The molecule has 0 unspecified atom stereocenters. The van der Waals surface area contributed by atoms with Crippen LogP contribution in [0.2, 0.25) is 0 Å². The monoisotopic (exact) mass is 307 g/mol. The van der Waals surface area contributed by atoms with E-state index in [1.54, 1.807) is 6.07 Å². The Hall–Kier alpha value is -2.22. The maximum atomic E-state index is 11.0. The quantitative estimate of drug-likeness (QED) is 0.612. The Morgan fingerprint density at radius 1 is 1.05 bits per heavy atom. The SMILES string of the molecule is C[C](C)CN1CCN(c2ccc([N+](=O)[O-])c([N+](=O)[O-])c2)CC1. The molecule has 0 N–H and O–H groups in total. The molecule has 1 aromatic carbocycles. The van der Waals surface area contributed by atoms with Crippen molar-refractivity contribution in [3.05, 3.63) is 44.3 Å². The summed E-state index contributed by atoms with van der Waals surface area (Å²) in [5, 5.41) is 21.8. The molecule has 1 fully saturated rings. The minimum Gasteiger partial charge on any atom is -0.369 e. The molecule has 22 heavy (non-hydrogen) atoms. The summed E-state index contributed by atoms with van der Waals surface area (Å²) in [6.07, 6.45) is 0. The lowest BCUT2D eigenvalue weighted by Crippen LogP contribution is -2.47. The van der Waals surface area contributed by atoms with Gasteiger partial charge in [0.15, 0.2) is 0 Å². The Balaban J connectivity index is 2.12. The average Bonchev–Trinajstić information content (AvgIpc) is 2.46. The zero-order valence-corrected chi connectivity index (χ0v) is 12.7. The molecule has 0 atom stereocenters. The number of nitrogens with zero attached hydrogens (tertiary/aromatic N) is 4. The molecule has 119 valence electrons. The van der Waals surface area contributed by atoms with Crippen molar-refractivity contribution in [3.63, 3.8) is 0 Å². The summed E-state index contributed by atoms with van der Waals surface area (Å²) >= 11 is 0. The van der Waals surface area contributed by atoms with Crippen LogP contribution in [0.1, 0.15) is 13.8 Å². The highest BCUT2D eigenvalue weighted by Gasteiger charge is 2.26. The van der Waals surface area contributed by atoms with E-state index in [1.165, 1.54) is 18.1 Å². The van der Waals surface area contributed by atoms with Gasteiger partial charge >= 0.3 is 11.4 Å². The average molecular weight is 307 g/mol. The third-order valence-electron chi connectivity index (χ3n) is 3.63. The van der Waals surface area contributed by atoms with Crippen LogP contribution in [0.25, 0.3) is 0 Å². The first-order valence-electron chi connectivity index (χ1n) is 7.07. The zero-order valence-electron chi connectivity index (χ0n) is 12.7. The van der Waals surface area contributed by atoms with E-state index < -0.39 is 21.2 Å². The van der Waals surface area contributed by atoms with E-state index in [0.717, 1.165) is 32.7 Å². The highest BCUT2D eigenvalue weighted by molar-refractivity contribution is 5.63. The Morgan fingerprint density at radius 3 is 2.14 bits per heavy atom. The van der Waals surface area contributed by atoms with Crippen molar-refractivity contribution in [3.8, 4) is 0 Å². The van der Waals surface area contributed by atoms with Gasteiger partial charge in [0.25, 0.3) is 0 Å². The molecular weight excluding hydrogens is 288 g/mol. The van der Waals surface area contributed by atoms with Gasteiger partial charge in [-0.05, 0) is 12.0 Å². The summed E-state index contributed by atoms with van der Waals surface area (Å²) in [5.74, 6) is 1.35. The molecule has 1 radical (unpaired) electrons. The minimum atomic E-state index is -0.723. The molecule has 1 heterocycles. The third kappa shape index (κ3) is 3.70. The van der Waals surface area contributed by atoms with Gasteiger partial charge in [-0.15, -0.1) is 0 Å². The minimum absolute atomic E-state index is 0.456. The number of nitro groups is 2. The van der Waals surface area contributed by atoms with Gasteiger partial charge in [-0.3, -0.25) is 25.1 Å². The second-order valence-corrected chi connectivity index (χ2v) is 5.66. The van der Waals surface area contributed by atoms with Crippen LogP contribution in [0, 0.1) is 26.1 Å². The molecule has 2 rings (SSSR count). The molecule has 0 saturated carbocycles. The lowest BCUT2D eigenvalue weighted by molar-refractivity contribution is -0.422. The molecule has 8 heteroatoms. The molecule has 0 bridgehead atoms. The summed E-state index contributed by atoms with van der Waals surface area (Å²) in [7, 11) is 0. The number of benzene rings is 1. The van der Waals surface area contributed by atoms with E-state index in [4.69, 9.17) is 0 Å². The van der Waals surface area contributed by atoms with Gasteiger partial charge in [0.05, 0.1) is 9.85 Å². The molecule has 1 aromatic rings. The standard InChI is InChI=1S/C14H19N4O4/c1-11(2)10-15-5-7-16(8-6-15)12-3-4-13(17(19)20)14(9-12)18(21)22/h3-4,9H,5-8,10H2,1-2H3. The van der Waals surface area contributed by atoms with Crippen molar-refractivity contribution in [1.82, 2.24) is 4.90 Å². The number of hydrogen-bond donors (Lipinski definition) is 0. The van der Waals surface area contributed by atoms with Crippen LogP contribution in [0.4, 0.5) is 17.1 Å². The number of anilines is 1. The van der Waals surface area contributed by atoms with Crippen LogP contribution in [-0.2, 0) is 0 Å². The van der Waals surface area contributed by atoms with Crippen molar-refractivity contribution < 1.29 is 9.85 Å². The smallest absolute Gasteiger partial charge is 0.348 e. The van der Waals surface area contributed by atoms with Crippen molar-refractivity contribution in [2.24, 2.45) is 0 Å². The first-order valence-corrected chi connectivity index (χ1v) is 7.07.